The van der Waals surface area contributed by atoms with Crippen LogP contribution in [-0.4, -0.2) is 57.9 Å². The minimum absolute atomic E-state index is 0.00911. The fourth-order valence-electron chi connectivity index (χ4n) is 2.83. The summed E-state index contributed by atoms with van der Waals surface area (Å²) in [7, 11) is -3.69. The number of nitrogens with one attached hydrogen (secondary N) is 2. The van der Waals surface area contributed by atoms with Crippen molar-refractivity contribution in [1.82, 2.24) is 9.62 Å². The summed E-state index contributed by atoms with van der Waals surface area (Å²) in [6.45, 7) is 7.12. The van der Waals surface area contributed by atoms with Crippen molar-refractivity contribution in [2.24, 2.45) is 5.92 Å². The molecule has 2 N–H and O–H groups in total. The summed E-state index contributed by atoms with van der Waals surface area (Å²) < 4.78 is 27.0. The zero-order chi connectivity index (χ0) is 19.3. The molecule has 0 atom stereocenters. The Bertz CT molecular complexity index is 733. The molecule has 6 nitrogen and oxygen atoms in total. The zero-order valence-corrected chi connectivity index (χ0v) is 17.4. The molecule has 0 unspecified atom stereocenters. The lowest BCUT2D eigenvalue weighted by atomic mass is 10.1. The van der Waals surface area contributed by atoms with Crippen molar-refractivity contribution in [3.8, 4) is 0 Å². The first-order valence-electron chi connectivity index (χ1n) is 8.76. The van der Waals surface area contributed by atoms with Crippen molar-refractivity contribution in [3.05, 3.63) is 28.2 Å². The Morgan fingerprint density at radius 2 is 1.92 bits per heavy atom. The summed E-state index contributed by atoms with van der Waals surface area (Å²) in [5.74, 6) is 0.560. The number of hydrogen-bond acceptors (Lipinski definition) is 3. The second-order valence-electron chi connectivity index (χ2n) is 6.92. The van der Waals surface area contributed by atoms with E-state index in [0.29, 0.717) is 45.2 Å². The molecular formula is C17H26Cl2N3O3S+. The van der Waals surface area contributed by atoms with Gasteiger partial charge >= 0.3 is 0 Å². The van der Waals surface area contributed by atoms with E-state index in [1.54, 1.807) is 12.1 Å². The van der Waals surface area contributed by atoms with E-state index >= 15 is 0 Å². The highest BCUT2D eigenvalue weighted by molar-refractivity contribution is 7.89. The first-order valence-corrected chi connectivity index (χ1v) is 11.0. The third-order valence-corrected chi connectivity index (χ3v) is 7.29. The summed E-state index contributed by atoms with van der Waals surface area (Å²) in [6.07, 6.45) is 0.952. The molecule has 1 aromatic carbocycles. The molecule has 1 heterocycles. The van der Waals surface area contributed by atoms with Gasteiger partial charge in [-0.3, -0.25) is 4.79 Å². The summed E-state index contributed by atoms with van der Waals surface area (Å²) in [4.78, 5) is 13.1. The van der Waals surface area contributed by atoms with Crippen LogP contribution in [0.2, 0.25) is 10.0 Å². The molecule has 146 valence electrons. The van der Waals surface area contributed by atoms with Crippen LogP contribution in [-0.2, 0) is 14.8 Å². The number of carbonyl (C=O) groups is 1. The standard InChI is InChI=1S/C17H25Cl2N3O3S/c1-13(2)6-7-20-16(23)12-21-8-10-22(11-9-21)26(24,25)15-5-3-4-14(18)17(15)19/h3-5,13H,6-12H2,1-2H3,(H,20,23)/p+1. The van der Waals surface area contributed by atoms with Crippen molar-refractivity contribution < 1.29 is 18.1 Å². The van der Waals surface area contributed by atoms with Crippen molar-refractivity contribution in [3.63, 3.8) is 0 Å². The molecule has 1 aliphatic heterocycles. The molecule has 9 heteroatoms. The number of nitrogens with zero attached hydrogens (tertiary/aromatic N) is 1. The maximum atomic E-state index is 12.8. The highest BCUT2D eigenvalue weighted by Gasteiger charge is 2.32. The lowest BCUT2D eigenvalue weighted by Gasteiger charge is -2.31. The van der Waals surface area contributed by atoms with Crippen LogP contribution in [0.3, 0.4) is 0 Å². The van der Waals surface area contributed by atoms with Gasteiger partial charge in [0.2, 0.25) is 10.0 Å². The number of quaternary nitrogens is 1. The number of amides is 1. The minimum Gasteiger partial charge on any atom is -0.351 e. The maximum Gasteiger partial charge on any atom is 0.275 e. The Labute approximate surface area is 165 Å². The highest BCUT2D eigenvalue weighted by atomic mass is 35.5. The molecule has 1 aromatic rings. The highest BCUT2D eigenvalue weighted by Crippen LogP contribution is 2.30. The van der Waals surface area contributed by atoms with Gasteiger partial charge in [-0.05, 0) is 24.5 Å². The van der Waals surface area contributed by atoms with Crippen molar-refractivity contribution in [2.75, 3.05) is 39.3 Å². The van der Waals surface area contributed by atoms with Gasteiger partial charge in [0.05, 0.1) is 36.2 Å². The fraction of sp³-hybridized carbons (Fsp3) is 0.588. The first-order chi connectivity index (χ1) is 12.2. The van der Waals surface area contributed by atoms with Crippen molar-refractivity contribution in [2.45, 2.75) is 25.2 Å². The molecule has 0 saturated carbocycles. The van der Waals surface area contributed by atoms with Crippen LogP contribution in [0.25, 0.3) is 0 Å². The van der Waals surface area contributed by atoms with Gasteiger partial charge in [-0.1, -0.05) is 43.1 Å². The maximum absolute atomic E-state index is 12.8. The number of rotatable bonds is 7. The van der Waals surface area contributed by atoms with E-state index in [1.165, 1.54) is 10.4 Å². The van der Waals surface area contributed by atoms with Gasteiger partial charge in [0.15, 0.2) is 6.54 Å². The third-order valence-electron chi connectivity index (χ3n) is 4.42. The van der Waals surface area contributed by atoms with Crippen LogP contribution in [0.5, 0.6) is 0 Å². The van der Waals surface area contributed by atoms with Gasteiger partial charge < -0.3 is 10.2 Å². The predicted octanol–water partition coefficient (Wildman–Crippen LogP) is 1.04. The number of benzene rings is 1. The Morgan fingerprint density at radius 1 is 1.27 bits per heavy atom. The van der Waals surface area contributed by atoms with E-state index in [2.05, 4.69) is 19.2 Å². The van der Waals surface area contributed by atoms with Crippen molar-refractivity contribution >= 4 is 39.1 Å². The molecule has 0 spiro atoms. The van der Waals surface area contributed by atoms with Crippen LogP contribution in [0.1, 0.15) is 20.3 Å². The average molecular weight is 423 g/mol. The molecule has 1 aliphatic rings. The number of carbonyl (C=O) groups excluding carboxylic acids is 1. The molecule has 0 aliphatic carbocycles. The van der Waals surface area contributed by atoms with E-state index in [1.807, 2.05) is 0 Å². The van der Waals surface area contributed by atoms with Crippen LogP contribution < -0.4 is 10.2 Å². The second-order valence-corrected chi connectivity index (χ2v) is 9.61. The third kappa shape index (κ3) is 5.57. The van der Waals surface area contributed by atoms with Crippen LogP contribution in [0.4, 0.5) is 0 Å². The Balaban J connectivity index is 1.89. The van der Waals surface area contributed by atoms with Gasteiger partial charge in [0, 0.05) is 6.54 Å². The molecule has 26 heavy (non-hydrogen) atoms. The lowest BCUT2D eigenvalue weighted by molar-refractivity contribution is -0.895. The Kier molecular flexibility index (Phi) is 7.73. The van der Waals surface area contributed by atoms with Crippen LogP contribution in [0, 0.1) is 5.92 Å². The second kappa shape index (κ2) is 9.37. The number of halogens is 2. The van der Waals surface area contributed by atoms with Crippen LogP contribution >= 0.6 is 23.2 Å². The molecule has 1 saturated heterocycles. The van der Waals surface area contributed by atoms with E-state index in [9.17, 15) is 13.2 Å². The van der Waals surface area contributed by atoms with E-state index < -0.39 is 10.0 Å². The lowest BCUT2D eigenvalue weighted by Crippen LogP contribution is -3.15. The van der Waals surface area contributed by atoms with E-state index in [-0.39, 0.29) is 20.8 Å². The molecule has 1 amide bonds. The summed E-state index contributed by atoms with van der Waals surface area (Å²) >= 11 is 12.0. The molecular weight excluding hydrogens is 397 g/mol. The normalized spacial score (nSPS) is 16.8. The monoisotopic (exact) mass is 422 g/mol. The summed E-state index contributed by atoms with van der Waals surface area (Å²) in [5, 5.41) is 3.19. The summed E-state index contributed by atoms with van der Waals surface area (Å²) in [5.41, 5.74) is 0. The first kappa shape index (κ1) is 21.4. The van der Waals surface area contributed by atoms with Gasteiger partial charge in [-0.15, -0.1) is 0 Å². The quantitative estimate of drug-likeness (QED) is 0.689. The molecule has 2 rings (SSSR count). The largest absolute Gasteiger partial charge is 0.351 e. The van der Waals surface area contributed by atoms with Gasteiger partial charge in [-0.2, -0.15) is 4.31 Å². The molecule has 0 aromatic heterocycles. The number of sulfonamides is 1. The molecule has 0 bridgehead atoms. The van der Waals surface area contributed by atoms with E-state index in [4.69, 9.17) is 23.2 Å². The minimum atomic E-state index is -3.69. The van der Waals surface area contributed by atoms with E-state index in [0.717, 1.165) is 11.3 Å². The fourth-order valence-corrected chi connectivity index (χ4v) is 5.01. The van der Waals surface area contributed by atoms with Gasteiger partial charge in [0.25, 0.3) is 5.91 Å². The average Bonchev–Trinajstić information content (AvgIpc) is 2.57. The number of piperazine rings is 1. The smallest absolute Gasteiger partial charge is 0.275 e. The van der Waals surface area contributed by atoms with Crippen LogP contribution in [0.15, 0.2) is 23.1 Å². The number of hydrogen-bond donors (Lipinski definition) is 2. The Morgan fingerprint density at radius 3 is 2.54 bits per heavy atom. The van der Waals surface area contributed by atoms with Crippen molar-refractivity contribution in [1.29, 1.82) is 0 Å². The topological polar surface area (TPSA) is 70.9 Å². The molecule has 1 fully saturated rings. The summed E-state index contributed by atoms with van der Waals surface area (Å²) in [6, 6.07) is 4.60. The Hall–Kier alpha value is -0.860. The zero-order valence-electron chi connectivity index (χ0n) is 15.1. The molecule has 0 radical (unpaired) electrons. The van der Waals surface area contributed by atoms with Gasteiger partial charge in [0.1, 0.15) is 4.90 Å². The SMILES string of the molecule is CC(C)CCNC(=O)C[NH+]1CCN(S(=O)(=O)c2cccc(Cl)c2Cl)CC1. The van der Waals surface area contributed by atoms with Gasteiger partial charge in [-0.25, -0.2) is 8.42 Å². The predicted molar refractivity (Wildman–Crippen MR) is 103 cm³/mol.